The molecule has 0 saturated heterocycles. The molecule has 0 bridgehead atoms. The summed E-state index contributed by atoms with van der Waals surface area (Å²) in [6, 6.07) is 0.512. The second-order valence-corrected chi connectivity index (χ2v) is 5.62. The third kappa shape index (κ3) is 5.19. The van der Waals surface area contributed by atoms with Crippen LogP contribution in [-0.2, 0) is 0 Å². The van der Waals surface area contributed by atoms with Crippen molar-refractivity contribution in [3.05, 3.63) is 0 Å². The van der Waals surface area contributed by atoms with Crippen LogP contribution in [0.4, 0.5) is 8.78 Å². The van der Waals surface area contributed by atoms with Gasteiger partial charge in [0.15, 0.2) is 0 Å². The van der Waals surface area contributed by atoms with E-state index in [9.17, 15) is 8.78 Å². The van der Waals surface area contributed by atoms with Gasteiger partial charge in [0, 0.05) is 12.6 Å². The van der Waals surface area contributed by atoms with Crippen LogP contribution in [0.25, 0.3) is 0 Å². The van der Waals surface area contributed by atoms with E-state index < -0.39 is 6.43 Å². The second-order valence-electron chi connectivity index (χ2n) is 5.62. The minimum atomic E-state index is -2.22. The summed E-state index contributed by atoms with van der Waals surface area (Å²) >= 11 is 0. The van der Waals surface area contributed by atoms with Gasteiger partial charge in [-0.15, -0.1) is 0 Å². The maximum atomic E-state index is 12.4. The van der Waals surface area contributed by atoms with Gasteiger partial charge in [0.25, 0.3) is 6.43 Å². The number of nitrogens with one attached hydrogen (secondary N) is 1. The molecule has 0 radical (unpaired) electrons. The van der Waals surface area contributed by atoms with Crippen molar-refractivity contribution in [2.45, 2.75) is 52.0 Å². The maximum absolute atomic E-state index is 12.4. The number of hydrogen-bond donors (Lipinski definition) is 1. The number of nitrogens with zero attached hydrogens (tertiary/aromatic N) is 1. The normalized spacial score (nSPS) is 29.2. The highest BCUT2D eigenvalue weighted by molar-refractivity contribution is 4.85. The zero-order valence-electron chi connectivity index (χ0n) is 12.0. The Hall–Kier alpha value is -0.220. The first kappa shape index (κ1) is 15.8. The van der Waals surface area contributed by atoms with Crippen LogP contribution in [0.15, 0.2) is 0 Å². The Balaban J connectivity index is 2.49. The van der Waals surface area contributed by atoms with Crippen LogP contribution >= 0.6 is 0 Å². The Morgan fingerprint density at radius 3 is 2.56 bits per heavy atom. The molecule has 2 nitrogen and oxygen atoms in total. The van der Waals surface area contributed by atoms with Crippen molar-refractivity contribution < 1.29 is 8.78 Å². The molecule has 3 atom stereocenters. The molecule has 0 spiro atoms. The van der Waals surface area contributed by atoms with Crippen LogP contribution in [0, 0.1) is 11.8 Å². The lowest BCUT2D eigenvalue weighted by atomic mass is 9.76. The van der Waals surface area contributed by atoms with Crippen molar-refractivity contribution in [1.82, 2.24) is 10.2 Å². The van der Waals surface area contributed by atoms with Gasteiger partial charge in [-0.3, -0.25) is 0 Å². The van der Waals surface area contributed by atoms with E-state index in [-0.39, 0.29) is 6.54 Å². The first-order valence-electron chi connectivity index (χ1n) is 7.26. The minimum Gasteiger partial charge on any atom is -0.314 e. The third-order valence-corrected chi connectivity index (χ3v) is 4.13. The molecule has 18 heavy (non-hydrogen) atoms. The van der Waals surface area contributed by atoms with E-state index in [1.54, 1.807) is 4.90 Å². The summed E-state index contributed by atoms with van der Waals surface area (Å²) in [5.74, 6) is 1.30. The third-order valence-electron chi connectivity index (χ3n) is 4.13. The molecule has 1 fully saturated rings. The first-order valence-corrected chi connectivity index (χ1v) is 7.26. The van der Waals surface area contributed by atoms with Crippen LogP contribution in [0.2, 0.25) is 0 Å². The predicted molar refractivity (Wildman–Crippen MR) is 72.1 cm³/mol. The largest absolute Gasteiger partial charge is 0.314 e. The van der Waals surface area contributed by atoms with Crippen molar-refractivity contribution >= 4 is 0 Å². The molecule has 1 aliphatic carbocycles. The number of hydrogen-bond acceptors (Lipinski definition) is 2. The fraction of sp³-hybridized carbons (Fsp3) is 1.00. The van der Waals surface area contributed by atoms with E-state index in [1.807, 2.05) is 7.05 Å². The van der Waals surface area contributed by atoms with E-state index >= 15 is 0 Å². The quantitative estimate of drug-likeness (QED) is 0.759. The molecular weight excluding hydrogens is 234 g/mol. The van der Waals surface area contributed by atoms with E-state index in [0.29, 0.717) is 12.0 Å². The number of halogens is 2. The summed E-state index contributed by atoms with van der Waals surface area (Å²) in [6.45, 7) is 6.01. The predicted octanol–water partition coefficient (Wildman–Crippen LogP) is 2.99. The van der Waals surface area contributed by atoms with E-state index in [4.69, 9.17) is 0 Å². The van der Waals surface area contributed by atoms with Gasteiger partial charge in [-0.05, 0) is 44.7 Å². The van der Waals surface area contributed by atoms with E-state index in [2.05, 4.69) is 19.2 Å². The molecule has 1 N–H and O–H groups in total. The van der Waals surface area contributed by atoms with Gasteiger partial charge in [0.2, 0.25) is 0 Å². The Kier molecular flexibility index (Phi) is 7.08. The van der Waals surface area contributed by atoms with E-state index in [0.717, 1.165) is 19.0 Å². The van der Waals surface area contributed by atoms with Crippen LogP contribution in [0.3, 0.4) is 0 Å². The van der Waals surface area contributed by atoms with Crippen molar-refractivity contribution in [3.63, 3.8) is 0 Å². The Morgan fingerprint density at radius 2 is 2.00 bits per heavy atom. The van der Waals surface area contributed by atoms with Gasteiger partial charge >= 0.3 is 0 Å². The van der Waals surface area contributed by atoms with Gasteiger partial charge in [-0.25, -0.2) is 8.78 Å². The lowest BCUT2D eigenvalue weighted by Crippen LogP contribution is -2.45. The zero-order valence-corrected chi connectivity index (χ0v) is 12.0. The average molecular weight is 262 g/mol. The molecule has 1 saturated carbocycles. The van der Waals surface area contributed by atoms with Crippen molar-refractivity contribution in [3.8, 4) is 0 Å². The Bertz CT molecular complexity index is 224. The monoisotopic (exact) mass is 262 g/mol. The highest BCUT2D eigenvalue weighted by Gasteiger charge is 2.30. The molecule has 3 unspecified atom stereocenters. The molecule has 0 aromatic rings. The van der Waals surface area contributed by atoms with Crippen molar-refractivity contribution in [2.75, 3.05) is 26.7 Å². The molecular formula is C14H28F2N2. The maximum Gasteiger partial charge on any atom is 0.251 e. The fourth-order valence-electron chi connectivity index (χ4n) is 3.18. The summed E-state index contributed by atoms with van der Waals surface area (Å²) in [6.07, 6.45) is 2.65. The molecule has 1 rings (SSSR count). The van der Waals surface area contributed by atoms with Crippen LogP contribution < -0.4 is 5.32 Å². The highest BCUT2D eigenvalue weighted by Crippen LogP contribution is 2.31. The van der Waals surface area contributed by atoms with Gasteiger partial charge in [-0.2, -0.15) is 0 Å². The SMILES string of the molecule is CCNC1CCC(CC)CC1CN(C)CC(F)F. The smallest absolute Gasteiger partial charge is 0.251 e. The highest BCUT2D eigenvalue weighted by atomic mass is 19.3. The molecule has 0 aromatic carbocycles. The van der Waals surface area contributed by atoms with Crippen LogP contribution in [-0.4, -0.2) is 44.0 Å². The minimum absolute atomic E-state index is 0.105. The van der Waals surface area contributed by atoms with Gasteiger partial charge in [0.1, 0.15) is 0 Å². The average Bonchev–Trinajstić information content (AvgIpc) is 2.30. The molecule has 0 amide bonds. The fourth-order valence-corrected chi connectivity index (χ4v) is 3.18. The molecule has 0 aliphatic heterocycles. The standard InChI is InChI=1S/C14H28F2N2/c1-4-11-6-7-13(17-5-2)12(8-11)9-18(3)10-14(15)16/h11-14,17H,4-10H2,1-3H3. The molecule has 0 heterocycles. The number of rotatable bonds is 7. The van der Waals surface area contributed by atoms with E-state index in [1.165, 1.54) is 25.7 Å². The molecule has 0 aromatic heterocycles. The second kappa shape index (κ2) is 8.05. The Labute approximate surface area is 110 Å². The Morgan fingerprint density at radius 1 is 1.28 bits per heavy atom. The summed E-state index contributed by atoms with van der Waals surface area (Å²) in [4.78, 5) is 1.79. The topological polar surface area (TPSA) is 15.3 Å². The van der Waals surface area contributed by atoms with Crippen LogP contribution in [0.1, 0.15) is 39.5 Å². The molecule has 4 heteroatoms. The molecule has 1 aliphatic rings. The van der Waals surface area contributed by atoms with Gasteiger partial charge in [-0.1, -0.05) is 20.3 Å². The lowest BCUT2D eigenvalue weighted by Gasteiger charge is -2.38. The van der Waals surface area contributed by atoms with Crippen molar-refractivity contribution in [1.29, 1.82) is 0 Å². The van der Waals surface area contributed by atoms with Crippen LogP contribution in [0.5, 0.6) is 0 Å². The summed E-state index contributed by atoms with van der Waals surface area (Å²) in [7, 11) is 1.81. The van der Waals surface area contributed by atoms with Crippen molar-refractivity contribution in [2.24, 2.45) is 11.8 Å². The number of alkyl halides is 2. The van der Waals surface area contributed by atoms with Gasteiger partial charge in [0.05, 0.1) is 6.54 Å². The molecule has 108 valence electrons. The summed E-state index contributed by atoms with van der Waals surface area (Å²) in [5, 5.41) is 3.52. The first-order chi connectivity index (χ1) is 8.56. The summed E-state index contributed by atoms with van der Waals surface area (Å²) < 4.78 is 24.7. The lowest BCUT2D eigenvalue weighted by molar-refractivity contribution is 0.0783. The summed E-state index contributed by atoms with van der Waals surface area (Å²) in [5.41, 5.74) is 0. The zero-order chi connectivity index (χ0) is 13.5. The van der Waals surface area contributed by atoms with Gasteiger partial charge < -0.3 is 10.2 Å².